The first-order valence-electron chi connectivity index (χ1n) is 8.21. The summed E-state index contributed by atoms with van der Waals surface area (Å²) in [6, 6.07) is 6.92. The van der Waals surface area contributed by atoms with Gasteiger partial charge in [0.05, 0.1) is 19.3 Å². The zero-order chi connectivity index (χ0) is 18.7. The molecule has 2 heterocycles. The van der Waals surface area contributed by atoms with Gasteiger partial charge in [0.2, 0.25) is 15.9 Å². The Labute approximate surface area is 151 Å². The Morgan fingerprint density at radius 2 is 2.04 bits per heavy atom. The van der Waals surface area contributed by atoms with E-state index in [1.807, 2.05) is 6.92 Å². The maximum absolute atomic E-state index is 13.6. The normalized spacial score (nSPS) is 18.5. The van der Waals surface area contributed by atoms with Gasteiger partial charge in [-0.05, 0) is 44.0 Å². The predicted octanol–water partition coefficient (Wildman–Crippen LogP) is 2.16. The van der Waals surface area contributed by atoms with Crippen LogP contribution in [-0.2, 0) is 10.0 Å². The summed E-state index contributed by atoms with van der Waals surface area (Å²) in [6.07, 6.45) is 0.970. The molecule has 0 saturated carbocycles. The van der Waals surface area contributed by atoms with Gasteiger partial charge in [0.25, 0.3) is 0 Å². The molecule has 1 atom stereocenters. The summed E-state index contributed by atoms with van der Waals surface area (Å²) in [5.41, 5.74) is 0.767. The third-order valence-electron chi connectivity index (χ3n) is 4.15. The van der Waals surface area contributed by atoms with Gasteiger partial charge in [-0.1, -0.05) is 0 Å². The molecule has 1 fully saturated rings. The molecule has 0 bridgehead atoms. The summed E-state index contributed by atoms with van der Waals surface area (Å²) in [5, 5.41) is 7.87. The van der Waals surface area contributed by atoms with E-state index < -0.39 is 15.8 Å². The number of benzene rings is 1. The van der Waals surface area contributed by atoms with E-state index in [1.165, 1.54) is 17.5 Å². The molecule has 1 aliphatic heterocycles. The van der Waals surface area contributed by atoms with Gasteiger partial charge in [-0.25, -0.2) is 12.8 Å². The Morgan fingerprint density at radius 3 is 2.73 bits per heavy atom. The van der Waals surface area contributed by atoms with Gasteiger partial charge in [-0.15, -0.1) is 5.10 Å². The second-order valence-electron chi connectivity index (χ2n) is 6.05. The number of hydrogen-bond acceptors (Lipinski definition) is 6. The fourth-order valence-corrected chi connectivity index (χ4v) is 4.51. The van der Waals surface area contributed by atoms with Crippen LogP contribution in [0.25, 0.3) is 0 Å². The minimum absolute atomic E-state index is 0.110. The lowest BCUT2D eigenvalue weighted by Crippen LogP contribution is -2.44. The lowest BCUT2D eigenvalue weighted by atomic mass is 10.1. The van der Waals surface area contributed by atoms with Crippen molar-refractivity contribution in [3.05, 3.63) is 41.8 Å². The monoisotopic (exact) mass is 381 g/mol. The minimum atomic E-state index is -3.91. The molecule has 1 unspecified atom stereocenters. The molecule has 0 aliphatic carbocycles. The number of ether oxygens (including phenoxy) is 2. The molecular formula is C17H20FN3O4S. The summed E-state index contributed by atoms with van der Waals surface area (Å²) in [6.45, 7) is 2.30. The van der Waals surface area contributed by atoms with Crippen molar-refractivity contribution in [2.45, 2.75) is 30.8 Å². The van der Waals surface area contributed by atoms with E-state index in [0.717, 1.165) is 17.8 Å². The third-order valence-corrected chi connectivity index (χ3v) is 6.03. The number of nitrogens with zero attached hydrogens (tertiary/aromatic N) is 3. The largest absolute Gasteiger partial charge is 0.495 e. The molecule has 1 saturated heterocycles. The standard InChI is InChI=1S/C17H20FN3O4S/c1-12-5-8-17(20-19-12)25-14-4-3-9-21(11-14)26(22,23)16-10-13(18)6-7-15(16)24-2/h5-8,10,14H,3-4,9,11H2,1-2H3. The van der Waals surface area contributed by atoms with Crippen molar-refractivity contribution < 1.29 is 22.3 Å². The molecule has 3 rings (SSSR count). The highest BCUT2D eigenvalue weighted by Gasteiger charge is 2.33. The first-order chi connectivity index (χ1) is 12.4. The lowest BCUT2D eigenvalue weighted by Gasteiger charge is -2.32. The van der Waals surface area contributed by atoms with Crippen LogP contribution in [0.3, 0.4) is 0 Å². The van der Waals surface area contributed by atoms with E-state index in [2.05, 4.69) is 10.2 Å². The van der Waals surface area contributed by atoms with Crippen LogP contribution < -0.4 is 9.47 Å². The van der Waals surface area contributed by atoms with Crippen molar-refractivity contribution in [2.75, 3.05) is 20.2 Å². The van der Waals surface area contributed by atoms with Crippen LogP contribution in [0.2, 0.25) is 0 Å². The van der Waals surface area contributed by atoms with E-state index >= 15 is 0 Å². The molecule has 7 nitrogen and oxygen atoms in total. The molecule has 0 spiro atoms. The Balaban J connectivity index is 1.80. The van der Waals surface area contributed by atoms with Gasteiger partial charge in [-0.2, -0.15) is 9.40 Å². The van der Waals surface area contributed by atoms with Crippen LogP contribution in [0, 0.1) is 12.7 Å². The van der Waals surface area contributed by atoms with Crippen molar-refractivity contribution in [3.8, 4) is 11.6 Å². The average molecular weight is 381 g/mol. The fraction of sp³-hybridized carbons (Fsp3) is 0.412. The topological polar surface area (TPSA) is 81.6 Å². The van der Waals surface area contributed by atoms with Crippen molar-refractivity contribution >= 4 is 10.0 Å². The minimum Gasteiger partial charge on any atom is -0.495 e. The number of methoxy groups -OCH3 is 1. The van der Waals surface area contributed by atoms with Crippen molar-refractivity contribution in [1.29, 1.82) is 0 Å². The van der Waals surface area contributed by atoms with Gasteiger partial charge in [0.1, 0.15) is 22.6 Å². The zero-order valence-electron chi connectivity index (χ0n) is 14.6. The molecule has 140 valence electrons. The second kappa shape index (κ2) is 7.55. The van der Waals surface area contributed by atoms with Gasteiger partial charge < -0.3 is 9.47 Å². The van der Waals surface area contributed by atoms with Crippen LogP contribution in [0.4, 0.5) is 4.39 Å². The van der Waals surface area contributed by atoms with Gasteiger partial charge >= 0.3 is 0 Å². The Kier molecular flexibility index (Phi) is 5.38. The highest BCUT2D eigenvalue weighted by Crippen LogP contribution is 2.29. The highest BCUT2D eigenvalue weighted by atomic mass is 32.2. The zero-order valence-corrected chi connectivity index (χ0v) is 15.4. The number of aromatic nitrogens is 2. The second-order valence-corrected chi connectivity index (χ2v) is 7.96. The molecule has 1 aliphatic rings. The molecular weight excluding hydrogens is 361 g/mol. The van der Waals surface area contributed by atoms with E-state index in [9.17, 15) is 12.8 Å². The summed E-state index contributed by atoms with van der Waals surface area (Å²) in [4.78, 5) is -0.184. The van der Waals surface area contributed by atoms with Gasteiger partial charge in [0, 0.05) is 12.6 Å². The molecule has 26 heavy (non-hydrogen) atoms. The van der Waals surface area contributed by atoms with Crippen molar-refractivity contribution in [2.24, 2.45) is 0 Å². The van der Waals surface area contributed by atoms with Crippen LogP contribution >= 0.6 is 0 Å². The molecule has 9 heteroatoms. The number of hydrogen-bond donors (Lipinski definition) is 0. The van der Waals surface area contributed by atoms with E-state index in [-0.39, 0.29) is 23.3 Å². The van der Waals surface area contributed by atoms with Gasteiger partial charge in [0.15, 0.2) is 0 Å². The third kappa shape index (κ3) is 3.94. The number of aryl methyl sites for hydroxylation is 1. The number of halogens is 1. The summed E-state index contributed by atoms with van der Waals surface area (Å²) in [7, 11) is -2.56. The molecule has 0 radical (unpaired) electrons. The van der Waals surface area contributed by atoms with Crippen LogP contribution in [0.1, 0.15) is 18.5 Å². The SMILES string of the molecule is COc1ccc(F)cc1S(=O)(=O)N1CCCC(Oc2ccc(C)nn2)C1. The average Bonchev–Trinajstić information content (AvgIpc) is 2.64. The number of piperidine rings is 1. The highest BCUT2D eigenvalue weighted by molar-refractivity contribution is 7.89. The molecule has 0 amide bonds. The maximum Gasteiger partial charge on any atom is 0.246 e. The van der Waals surface area contributed by atoms with E-state index in [4.69, 9.17) is 9.47 Å². The first kappa shape index (κ1) is 18.5. The van der Waals surface area contributed by atoms with E-state index in [1.54, 1.807) is 12.1 Å². The number of rotatable bonds is 5. The lowest BCUT2D eigenvalue weighted by molar-refractivity contribution is 0.123. The van der Waals surface area contributed by atoms with Gasteiger partial charge in [-0.3, -0.25) is 0 Å². The van der Waals surface area contributed by atoms with E-state index in [0.29, 0.717) is 25.3 Å². The summed E-state index contributed by atoms with van der Waals surface area (Å²) in [5.74, 6) is -0.175. The van der Waals surface area contributed by atoms with Crippen LogP contribution in [-0.4, -0.2) is 49.2 Å². The van der Waals surface area contributed by atoms with Crippen LogP contribution in [0.15, 0.2) is 35.2 Å². The van der Waals surface area contributed by atoms with Crippen LogP contribution in [0.5, 0.6) is 11.6 Å². The Hall–Kier alpha value is -2.26. The van der Waals surface area contributed by atoms with Crippen molar-refractivity contribution in [1.82, 2.24) is 14.5 Å². The molecule has 1 aromatic carbocycles. The fourth-order valence-electron chi connectivity index (χ4n) is 2.83. The molecule has 0 N–H and O–H groups in total. The first-order valence-corrected chi connectivity index (χ1v) is 9.65. The smallest absolute Gasteiger partial charge is 0.246 e. The molecule has 2 aromatic rings. The quantitative estimate of drug-likeness (QED) is 0.790. The predicted molar refractivity (Wildman–Crippen MR) is 92.1 cm³/mol. The number of sulfonamides is 1. The maximum atomic E-state index is 13.6. The summed E-state index contributed by atoms with van der Waals surface area (Å²) >= 11 is 0. The van der Waals surface area contributed by atoms with Crippen molar-refractivity contribution in [3.63, 3.8) is 0 Å². The Morgan fingerprint density at radius 1 is 1.23 bits per heavy atom. The summed E-state index contributed by atoms with van der Waals surface area (Å²) < 4.78 is 51.7. The Bertz CT molecular complexity index is 874. The molecule has 1 aromatic heterocycles.